The summed E-state index contributed by atoms with van der Waals surface area (Å²) in [5, 5.41) is 5.80. The third-order valence-corrected chi connectivity index (χ3v) is 8.05. The van der Waals surface area contributed by atoms with Crippen LogP contribution in [-0.2, 0) is 21.4 Å². The first-order chi connectivity index (χ1) is 14.0. The molecule has 0 N–H and O–H groups in total. The maximum atomic E-state index is 12.9. The number of aromatic nitrogens is 4. The molecule has 0 saturated carbocycles. The number of rotatable bonds is 6. The Morgan fingerprint density at radius 1 is 1.17 bits per heavy atom. The molecule has 11 heteroatoms. The Bertz CT molecular complexity index is 1180. The molecule has 9 nitrogen and oxygen atoms in total. The fourth-order valence-corrected chi connectivity index (χ4v) is 5.34. The molecule has 30 heavy (non-hydrogen) atoms. The molecule has 0 aromatic carbocycles. The van der Waals surface area contributed by atoms with Crippen molar-refractivity contribution in [3.05, 3.63) is 41.6 Å². The minimum atomic E-state index is -3.65. The molecule has 0 bridgehead atoms. The van der Waals surface area contributed by atoms with E-state index < -0.39 is 10.0 Å². The van der Waals surface area contributed by atoms with Crippen LogP contribution in [0, 0.1) is 20.8 Å². The average Bonchev–Trinajstić information content (AvgIpc) is 3.21. The summed E-state index contributed by atoms with van der Waals surface area (Å²) in [6.07, 6.45) is 3.42. The lowest BCUT2D eigenvalue weighted by molar-refractivity contribution is -0.119. The molecular weight excluding hydrogens is 424 g/mol. The average molecular weight is 449 g/mol. The van der Waals surface area contributed by atoms with Gasteiger partial charge in [-0.2, -0.15) is 5.10 Å². The molecule has 160 valence electrons. The minimum absolute atomic E-state index is 0.0777. The quantitative estimate of drug-likeness (QED) is 0.573. The first-order valence-corrected chi connectivity index (χ1v) is 11.4. The summed E-state index contributed by atoms with van der Waals surface area (Å²) in [6, 6.07) is 3.75. The Hall–Kier alpha value is -2.63. The number of hydrogen-bond acceptors (Lipinski definition) is 7. The van der Waals surface area contributed by atoms with Crippen molar-refractivity contribution in [1.82, 2.24) is 24.1 Å². The van der Waals surface area contributed by atoms with Crippen LogP contribution in [0.4, 0.5) is 5.00 Å². The second kappa shape index (κ2) is 8.25. The molecule has 0 atom stereocenters. The number of carbonyl (C=O) groups is 1. The van der Waals surface area contributed by atoms with Crippen molar-refractivity contribution in [2.45, 2.75) is 32.2 Å². The lowest BCUT2D eigenvalue weighted by Crippen LogP contribution is -2.30. The molecule has 0 spiro atoms. The van der Waals surface area contributed by atoms with Crippen molar-refractivity contribution in [3.8, 4) is 10.6 Å². The molecule has 1 amide bonds. The summed E-state index contributed by atoms with van der Waals surface area (Å²) in [6.45, 7) is 5.05. The lowest BCUT2D eigenvalue weighted by atomic mass is 10.3. The number of anilines is 1. The highest BCUT2D eigenvalue weighted by molar-refractivity contribution is 7.89. The fourth-order valence-electron chi connectivity index (χ4n) is 3.05. The van der Waals surface area contributed by atoms with E-state index in [4.69, 9.17) is 0 Å². The fraction of sp³-hybridized carbons (Fsp3) is 0.368. The summed E-state index contributed by atoms with van der Waals surface area (Å²) in [7, 11) is 0.969. The molecule has 0 aliphatic rings. The highest BCUT2D eigenvalue weighted by Crippen LogP contribution is 2.33. The first-order valence-electron chi connectivity index (χ1n) is 9.15. The van der Waals surface area contributed by atoms with Crippen LogP contribution in [0.3, 0.4) is 0 Å². The summed E-state index contributed by atoms with van der Waals surface area (Å²) in [5.74, 6) is -0.223. The predicted molar refractivity (Wildman–Crippen MR) is 116 cm³/mol. The van der Waals surface area contributed by atoms with Gasteiger partial charge in [0.25, 0.3) is 0 Å². The van der Waals surface area contributed by atoms with Crippen molar-refractivity contribution in [2.24, 2.45) is 0 Å². The lowest BCUT2D eigenvalue weighted by Gasteiger charge is -2.16. The molecule has 3 heterocycles. The topological polar surface area (TPSA) is 101 Å². The van der Waals surface area contributed by atoms with Gasteiger partial charge in [0.15, 0.2) is 0 Å². The number of amides is 1. The molecule has 0 radical (unpaired) electrons. The van der Waals surface area contributed by atoms with Crippen LogP contribution in [0.1, 0.15) is 17.1 Å². The Morgan fingerprint density at radius 2 is 1.87 bits per heavy atom. The van der Waals surface area contributed by atoms with E-state index in [2.05, 4.69) is 15.1 Å². The SMILES string of the molecule is Cc1nc(-c2cccnc2)sc1N(C)C(=O)Cn1nc(C)c(S(=O)(=O)N(C)C)c1C. The standard InChI is InChI=1S/C19H24N6O3S2/c1-12-17(30(27,28)23(4)5)14(3)25(22-12)11-16(26)24(6)19-13(2)21-18(29-19)15-8-7-9-20-10-15/h7-10H,11H2,1-6H3. The number of likely N-dealkylation sites (N-methyl/N-ethyl adjacent to an activating group) is 1. The summed E-state index contributed by atoms with van der Waals surface area (Å²) in [4.78, 5) is 23.3. The van der Waals surface area contributed by atoms with Crippen LogP contribution in [0.2, 0.25) is 0 Å². The second-order valence-corrected chi connectivity index (χ2v) is 10.1. The van der Waals surface area contributed by atoms with Gasteiger partial charge in [0, 0.05) is 39.1 Å². The monoisotopic (exact) mass is 448 g/mol. The van der Waals surface area contributed by atoms with E-state index >= 15 is 0 Å². The van der Waals surface area contributed by atoms with Gasteiger partial charge >= 0.3 is 0 Å². The highest BCUT2D eigenvalue weighted by Gasteiger charge is 2.28. The number of pyridine rings is 1. The smallest absolute Gasteiger partial charge is 0.249 e. The van der Waals surface area contributed by atoms with Crippen molar-refractivity contribution in [1.29, 1.82) is 0 Å². The van der Waals surface area contributed by atoms with E-state index in [1.807, 2.05) is 19.1 Å². The molecule has 0 saturated heterocycles. The maximum absolute atomic E-state index is 12.9. The predicted octanol–water partition coefficient (Wildman–Crippen LogP) is 2.24. The zero-order valence-electron chi connectivity index (χ0n) is 17.7. The van der Waals surface area contributed by atoms with Crippen LogP contribution >= 0.6 is 11.3 Å². The normalized spacial score (nSPS) is 11.8. The van der Waals surface area contributed by atoms with Crippen molar-refractivity contribution < 1.29 is 13.2 Å². The molecular formula is C19H24N6O3S2. The summed E-state index contributed by atoms with van der Waals surface area (Å²) in [5.41, 5.74) is 2.42. The Kier molecular flexibility index (Phi) is 6.06. The number of aryl methyl sites for hydroxylation is 2. The largest absolute Gasteiger partial charge is 0.304 e. The van der Waals surface area contributed by atoms with Gasteiger partial charge in [-0.05, 0) is 32.9 Å². The minimum Gasteiger partial charge on any atom is -0.304 e. The van der Waals surface area contributed by atoms with Gasteiger partial charge in [0.2, 0.25) is 15.9 Å². The van der Waals surface area contributed by atoms with Gasteiger partial charge in [-0.15, -0.1) is 0 Å². The number of nitrogens with zero attached hydrogens (tertiary/aromatic N) is 6. The van der Waals surface area contributed by atoms with Crippen LogP contribution < -0.4 is 4.90 Å². The molecule has 0 unspecified atom stereocenters. The Labute approximate surface area is 180 Å². The Balaban J connectivity index is 1.87. The molecule has 0 aliphatic heterocycles. The second-order valence-electron chi connectivity index (χ2n) is 7.05. The van der Waals surface area contributed by atoms with E-state index in [-0.39, 0.29) is 17.3 Å². The first kappa shape index (κ1) is 22.1. The summed E-state index contributed by atoms with van der Waals surface area (Å²) >= 11 is 1.40. The van der Waals surface area contributed by atoms with Gasteiger partial charge in [-0.3, -0.25) is 14.5 Å². The van der Waals surface area contributed by atoms with Crippen molar-refractivity contribution in [3.63, 3.8) is 0 Å². The third-order valence-electron chi connectivity index (χ3n) is 4.70. The van der Waals surface area contributed by atoms with Gasteiger partial charge in [0.1, 0.15) is 21.4 Å². The van der Waals surface area contributed by atoms with Gasteiger partial charge < -0.3 is 4.90 Å². The van der Waals surface area contributed by atoms with E-state index in [9.17, 15) is 13.2 Å². The van der Waals surface area contributed by atoms with Gasteiger partial charge in [-0.25, -0.2) is 17.7 Å². The number of sulfonamides is 1. The van der Waals surface area contributed by atoms with Crippen LogP contribution in [0.5, 0.6) is 0 Å². The van der Waals surface area contributed by atoms with E-state index in [1.54, 1.807) is 33.3 Å². The maximum Gasteiger partial charge on any atom is 0.249 e. The van der Waals surface area contributed by atoms with E-state index in [1.165, 1.54) is 35.0 Å². The Morgan fingerprint density at radius 3 is 2.47 bits per heavy atom. The number of hydrogen-bond donors (Lipinski definition) is 0. The van der Waals surface area contributed by atoms with Gasteiger partial charge in [0.05, 0.1) is 17.1 Å². The third kappa shape index (κ3) is 4.00. The molecule has 0 fully saturated rings. The van der Waals surface area contributed by atoms with Crippen LogP contribution in [0.15, 0.2) is 29.4 Å². The molecule has 3 aromatic heterocycles. The van der Waals surface area contributed by atoms with E-state index in [0.717, 1.165) is 25.6 Å². The van der Waals surface area contributed by atoms with Crippen molar-refractivity contribution >= 4 is 32.3 Å². The number of carbonyl (C=O) groups excluding carboxylic acids is 1. The molecule has 3 rings (SSSR count). The van der Waals surface area contributed by atoms with Crippen LogP contribution in [0.25, 0.3) is 10.6 Å². The summed E-state index contributed by atoms with van der Waals surface area (Å²) < 4.78 is 27.7. The van der Waals surface area contributed by atoms with Crippen molar-refractivity contribution in [2.75, 3.05) is 26.0 Å². The number of thiazole rings is 1. The van der Waals surface area contributed by atoms with Gasteiger partial charge in [-0.1, -0.05) is 11.3 Å². The zero-order valence-corrected chi connectivity index (χ0v) is 19.4. The van der Waals surface area contributed by atoms with E-state index in [0.29, 0.717) is 11.4 Å². The van der Waals surface area contributed by atoms with Crippen LogP contribution in [-0.4, -0.2) is 59.5 Å². The zero-order chi connectivity index (χ0) is 22.2. The molecule has 3 aromatic rings. The highest BCUT2D eigenvalue weighted by atomic mass is 32.2. The molecule has 0 aliphatic carbocycles.